The number of ketones is 1. The minimum absolute atomic E-state index is 0.0424. The van der Waals surface area contributed by atoms with Crippen molar-refractivity contribution in [1.82, 2.24) is 0 Å². The number of carbonyl (C=O) groups excluding carboxylic acids is 2. The number of rotatable bonds is 4. The summed E-state index contributed by atoms with van der Waals surface area (Å²) in [6.45, 7) is 1.20. The van der Waals surface area contributed by atoms with E-state index in [4.69, 9.17) is 9.47 Å². The highest BCUT2D eigenvalue weighted by molar-refractivity contribution is 5.97. The number of esters is 1. The maximum absolute atomic E-state index is 11.8. The highest BCUT2D eigenvalue weighted by Crippen LogP contribution is 2.18. The van der Waals surface area contributed by atoms with E-state index in [1.165, 1.54) is 0 Å². The molecule has 1 heterocycles. The van der Waals surface area contributed by atoms with Gasteiger partial charge in [-0.2, -0.15) is 0 Å². The maximum Gasteiger partial charge on any atom is 0.318 e. The Hall–Kier alpha value is -1.68. The predicted molar refractivity (Wildman–Crippen MR) is 65.2 cm³/mol. The molecular weight excluding hydrogens is 232 g/mol. The van der Waals surface area contributed by atoms with Crippen molar-refractivity contribution >= 4 is 11.8 Å². The van der Waals surface area contributed by atoms with Crippen molar-refractivity contribution in [3.8, 4) is 5.75 Å². The molecule has 1 aliphatic rings. The van der Waals surface area contributed by atoms with Gasteiger partial charge in [0.15, 0.2) is 0 Å². The molecule has 96 valence electrons. The van der Waals surface area contributed by atoms with Crippen molar-refractivity contribution in [2.75, 3.05) is 13.2 Å². The highest BCUT2D eigenvalue weighted by atomic mass is 16.5. The lowest BCUT2D eigenvalue weighted by Gasteiger charge is -2.20. The molecule has 0 aliphatic carbocycles. The molecule has 18 heavy (non-hydrogen) atoms. The van der Waals surface area contributed by atoms with E-state index < -0.39 is 5.97 Å². The minimum Gasteiger partial charge on any atom is -0.426 e. The van der Waals surface area contributed by atoms with Gasteiger partial charge in [0.05, 0.1) is 0 Å². The molecule has 4 nitrogen and oxygen atoms in total. The van der Waals surface area contributed by atoms with Crippen LogP contribution in [0, 0.1) is 5.92 Å². The summed E-state index contributed by atoms with van der Waals surface area (Å²) >= 11 is 0. The van der Waals surface area contributed by atoms with Crippen molar-refractivity contribution in [1.29, 1.82) is 0 Å². The fourth-order valence-corrected chi connectivity index (χ4v) is 1.96. The Morgan fingerprint density at radius 1 is 1.17 bits per heavy atom. The minimum atomic E-state index is -0.488. The van der Waals surface area contributed by atoms with Crippen molar-refractivity contribution in [2.45, 2.75) is 19.3 Å². The molecule has 0 radical (unpaired) electrons. The second-order valence-corrected chi connectivity index (χ2v) is 4.32. The van der Waals surface area contributed by atoms with Crippen LogP contribution in [0.5, 0.6) is 5.75 Å². The van der Waals surface area contributed by atoms with Crippen molar-refractivity contribution in [3.63, 3.8) is 0 Å². The molecule has 1 fully saturated rings. The van der Waals surface area contributed by atoms with Crippen LogP contribution in [0.25, 0.3) is 0 Å². The molecule has 2 rings (SSSR count). The Labute approximate surface area is 106 Å². The van der Waals surface area contributed by atoms with Gasteiger partial charge >= 0.3 is 5.97 Å². The first-order valence-electron chi connectivity index (χ1n) is 6.12. The summed E-state index contributed by atoms with van der Waals surface area (Å²) in [5.41, 5.74) is 0. The Balaban J connectivity index is 1.82. The van der Waals surface area contributed by atoms with Gasteiger partial charge in [0, 0.05) is 19.1 Å². The molecule has 0 saturated carbocycles. The lowest BCUT2D eigenvalue weighted by atomic mass is 9.94. The van der Waals surface area contributed by atoms with Crippen LogP contribution in [-0.4, -0.2) is 25.0 Å². The normalized spacial score (nSPS) is 16.2. The number of carbonyl (C=O) groups is 2. The van der Waals surface area contributed by atoms with Crippen LogP contribution in [0.15, 0.2) is 30.3 Å². The molecule has 1 aromatic carbocycles. The van der Waals surface area contributed by atoms with E-state index in [1.54, 1.807) is 24.3 Å². The lowest BCUT2D eigenvalue weighted by molar-refractivity contribution is -0.140. The Bertz CT molecular complexity index is 407. The summed E-state index contributed by atoms with van der Waals surface area (Å²) in [5.74, 6) is -0.110. The van der Waals surface area contributed by atoms with Gasteiger partial charge in [-0.25, -0.2) is 0 Å². The molecule has 1 aromatic rings. The van der Waals surface area contributed by atoms with Gasteiger partial charge in [0.1, 0.15) is 18.0 Å². The van der Waals surface area contributed by atoms with E-state index in [-0.39, 0.29) is 18.1 Å². The van der Waals surface area contributed by atoms with E-state index in [0.717, 1.165) is 0 Å². The molecule has 1 aliphatic heterocycles. The second kappa shape index (κ2) is 6.31. The van der Waals surface area contributed by atoms with Crippen LogP contribution in [-0.2, 0) is 14.3 Å². The van der Waals surface area contributed by atoms with Gasteiger partial charge in [0.25, 0.3) is 0 Å². The van der Waals surface area contributed by atoms with Crippen molar-refractivity contribution in [3.05, 3.63) is 30.3 Å². The lowest BCUT2D eigenvalue weighted by Crippen LogP contribution is -2.26. The third-order valence-electron chi connectivity index (χ3n) is 2.97. The Kier molecular flexibility index (Phi) is 4.47. The number of hydrogen-bond donors (Lipinski definition) is 0. The first-order valence-corrected chi connectivity index (χ1v) is 6.12. The molecule has 0 atom stereocenters. The first kappa shape index (κ1) is 12.8. The van der Waals surface area contributed by atoms with E-state index >= 15 is 0 Å². The molecule has 0 spiro atoms. The average Bonchev–Trinajstić information content (AvgIpc) is 2.40. The second-order valence-electron chi connectivity index (χ2n) is 4.32. The third-order valence-corrected chi connectivity index (χ3v) is 2.97. The van der Waals surface area contributed by atoms with Gasteiger partial charge in [0.2, 0.25) is 0 Å². The van der Waals surface area contributed by atoms with Gasteiger partial charge in [-0.3, -0.25) is 9.59 Å². The molecule has 4 heteroatoms. The summed E-state index contributed by atoms with van der Waals surface area (Å²) in [6, 6.07) is 8.78. The number of Topliss-reactive ketones (excluding diaryl/α,β-unsaturated/α-hetero) is 1. The van der Waals surface area contributed by atoms with Crippen LogP contribution >= 0.6 is 0 Å². The Morgan fingerprint density at radius 3 is 2.50 bits per heavy atom. The molecule has 0 N–H and O–H groups in total. The third kappa shape index (κ3) is 3.67. The summed E-state index contributed by atoms with van der Waals surface area (Å²) in [5, 5.41) is 0. The molecular formula is C14H16O4. The largest absolute Gasteiger partial charge is 0.426 e. The van der Waals surface area contributed by atoms with Crippen molar-refractivity contribution in [2.24, 2.45) is 5.92 Å². The summed E-state index contributed by atoms with van der Waals surface area (Å²) < 4.78 is 10.3. The van der Waals surface area contributed by atoms with E-state index in [0.29, 0.717) is 31.8 Å². The van der Waals surface area contributed by atoms with E-state index in [9.17, 15) is 9.59 Å². The number of benzene rings is 1. The van der Waals surface area contributed by atoms with E-state index in [2.05, 4.69) is 0 Å². The van der Waals surface area contributed by atoms with Crippen molar-refractivity contribution < 1.29 is 19.1 Å². The average molecular weight is 248 g/mol. The highest BCUT2D eigenvalue weighted by Gasteiger charge is 2.24. The topological polar surface area (TPSA) is 52.6 Å². The van der Waals surface area contributed by atoms with Gasteiger partial charge in [-0.05, 0) is 25.0 Å². The first-order chi connectivity index (χ1) is 8.75. The zero-order valence-corrected chi connectivity index (χ0v) is 10.1. The van der Waals surface area contributed by atoms with Crippen LogP contribution in [0.4, 0.5) is 0 Å². The SMILES string of the molecule is O=C(CC(=O)C1CCOCC1)Oc1ccccc1. The quantitative estimate of drug-likeness (QED) is 0.464. The summed E-state index contributed by atoms with van der Waals surface area (Å²) in [4.78, 5) is 23.4. The standard InChI is InChI=1S/C14H16O4/c15-13(11-6-8-17-9-7-11)10-14(16)18-12-4-2-1-3-5-12/h1-5,11H,6-10H2. The molecule has 1 saturated heterocycles. The van der Waals surface area contributed by atoms with E-state index in [1.807, 2.05) is 6.07 Å². The van der Waals surface area contributed by atoms with Crippen LogP contribution in [0.1, 0.15) is 19.3 Å². The van der Waals surface area contributed by atoms with Gasteiger partial charge in [-0.15, -0.1) is 0 Å². The maximum atomic E-state index is 11.8. The van der Waals surface area contributed by atoms with Crippen LogP contribution in [0.3, 0.4) is 0 Å². The zero-order chi connectivity index (χ0) is 12.8. The molecule has 0 bridgehead atoms. The number of hydrogen-bond acceptors (Lipinski definition) is 4. The number of para-hydroxylation sites is 1. The van der Waals surface area contributed by atoms with Crippen LogP contribution < -0.4 is 4.74 Å². The summed E-state index contributed by atoms with van der Waals surface area (Å²) in [6.07, 6.45) is 1.26. The molecule has 0 aromatic heterocycles. The molecule has 0 amide bonds. The number of ether oxygens (including phenoxy) is 2. The Morgan fingerprint density at radius 2 is 1.83 bits per heavy atom. The zero-order valence-electron chi connectivity index (χ0n) is 10.1. The smallest absolute Gasteiger partial charge is 0.318 e. The van der Waals surface area contributed by atoms with Gasteiger partial charge in [-0.1, -0.05) is 18.2 Å². The molecule has 0 unspecified atom stereocenters. The fraction of sp³-hybridized carbons (Fsp3) is 0.429. The summed E-state index contributed by atoms with van der Waals surface area (Å²) in [7, 11) is 0. The predicted octanol–water partition coefficient (Wildman–Crippen LogP) is 1.98. The van der Waals surface area contributed by atoms with Gasteiger partial charge < -0.3 is 9.47 Å². The monoisotopic (exact) mass is 248 g/mol. The van der Waals surface area contributed by atoms with Crippen LogP contribution in [0.2, 0.25) is 0 Å². The fourth-order valence-electron chi connectivity index (χ4n) is 1.96.